The predicted molar refractivity (Wildman–Crippen MR) is 171 cm³/mol. The van der Waals surface area contributed by atoms with E-state index in [1.807, 2.05) is 36.4 Å². The van der Waals surface area contributed by atoms with Crippen molar-refractivity contribution in [3.8, 4) is 0 Å². The molecule has 4 aliphatic rings. The second-order valence-electron chi connectivity index (χ2n) is 12.0. The van der Waals surface area contributed by atoms with Crippen molar-refractivity contribution >= 4 is 34.6 Å². The summed E-state index contributed by atoms with van der Waals surface area (Å²) in [6, 6.07) is 27.4. The van der Waals surface area contributed by atoms with E-state index in [4.69, 9.17) is 32.7 Å². The average Bonchev–Trinajstić information content (AvgIpc) is 3.07. The zero-order valence-electron chi connectivity index (χ0n) is 24.1. The van der Waals surface area contributed by atoms with E-state index in [-0.39, 0.29) is 46.0 Å². The molecule has 228 valence electrons. The molecule has 0 unspecified atom stereocenters. The van der Waals surface area contributed by atoms with E-state index < -0.39 is 0 Å². The first-order valence-electron chi connectivity index (χ1n) is 15.3. The molecule has 4 heterocycles. The lowest BCUT2D eigenvalue weighted by Crippen LogP contribution is -2.36. The van der Waals surface area contributed by atoms with Crippen molar-refractivity contribution in [2.24, 2.45) is 11.8 Å². The fourth-order valence-electron chi connectivity index (χ4n) is 7.31. The number of ether oxygens (including phenoxy) is 2. The fraction of sp³-hybridized carbons (Fsp3) is 0.333. The molecule has 0 bridgehead atoms. The molecule has 2 fully saturated rings. The van der Waals surface area contributed by atoms with Gasteiger partial charge in [0.05, 0.1) is 34.3 Å². The Morgan fingerprint density at radius 1 is 0.591 bits per heavy atom. The third-order valence-corrected chi connectivity index (χ3v) is 9.91. The number of nitrogens with one attached hydrogen (secondary N) is 2. The maximum atomic E-state index is 13.9. The van der Waals surface area contributed by atoms with E-state index in [9.17, 15) is 8.78 Å². The van der Waals surface area contributed by atoms with Crippen LogP contribution in [0.2, 0.25) is 10.0 Å². The standard InChI is InChI=1S/2C18H17ClFNO/c2*19-14-10-16-13(9-15(14)20)18-12(7-4-8-22-18)17(21-16)11-5-2-1-3-6-11/h2*1-3,5-6,9-10,12,17-18,21H,4,7-8H2/t2*12-,17+,18-/m00/s1. The van der Waals surface area contributed by atoms with Gasteiger partial charge >= 0.3 is 0 Å². The van der Waals surface area contributed by atoms with Crippen LogP contribution in [0.15, 0.2) is 84.9 Å². The summed E-state index contributed by atoms with van der Waals surface area (Å²) < 4.78 is 39.8. The van der Waals surface area contributed by atoms with Crippen LogP contribution in [-0.4, -0.2) is 13.2 Å². The maximum absolute atomic E-state index is 13.9. The summed E-state index contributed by atoms with van der Waals surface area (Å²) in [6.45, 7) is 1.46. The van der Waals surface area contributed by atoms with Crippen LogP contribution in [0.1, 0.15) is 72.2 Å². The van der Waals surface area contributed by atoms with E-state index in [0.29, 0.717) is 11.8 Å². The van der Waals surface area contributed by atoms with Gasteiger partial charge in [-0.05, 0) is 61.1 Å². The summed E-state index contributed by atoms with van der Waals surface area (Å²) in [5, 5.41) is 7.39. The molecule has 0 spiro atoms. The van der Waals surface area contributed by atoms with Gasteiger partial charge in [0.2, 0.25) is 0 Å². The predicted octanol–water partition coefficient (Wildman–Crippen LogP) is 10.2. The number of rotatable bonds is 2. The Morgan fingerprint density at radius 2 is 1.00 bits per heavy atom. The molecular formula is C36H34Cl2F2N2O2. The monoisotopic (exact) mass is 634 g/mol. The van der Waals surface area contributed by atoms with Crippen molar-refractivity contribution in [3.63, 3.8) is 0 Å². The van der Waals surface area contributed by atoms with E-state index in [1.54, 1.807) is 12.1 Å². The Bertz CT molecular complexity index is 1500. The molecule has 4 aromatic carbocycles. The number of benzene rings is 4. The Balaban J connectivity index is 0.000000142. The third kappa shape index (κ3) is 5.69. The first-order chi connectivity index (χ1) is 21.5. The van der Waals surface area contributed by atoms with Crippen LogP contribution in [0.25, 0.3) is 0 Å². The molecule has 2 N–H and O–H groups in total. The van der Waals surface area contributed by atoms with Crippen LogP contribution < -0.4 is 10.6 Å². The fourth-order valence-corrected chi connectivity index (χ4v) is 7.64. The Labute approximate surface area is 266 Å². The molecule has 0 aromatic heterocycles. The summed E-state index contributed by atoms with van der Waals surface area (Å²) in [7, 11) is 0. The van der Waals surface area contributed by atoms with Gasteiger partial charge < -0.3 is 20.1 Å². The largest absolute Gasteiger partial charge is 0.377 e. The van der Waals surface area contributed by atoms with Crippen molar-refractivity contribution in [2.75, 3.05) is 23.8 Å². The van der Waals surface area contributed by atoms with Crippen LogP contribution >= 0.6 is 23.2 Å². The van der Waals surface area contributed by atoms with Gasteiger partial charge in [0, 0.05) is 47.6 Å². The second-order valence-corrected chi connectivity index (χ2v) is 12.8. The lowest BCUT2D eigenvalue weighted by Gasteiger charge is -2.43. The highest BCUT2D eigenvalue weighted by Crippen LogP contribution is 2.51. The minimum absolute atomic E-state index is 0.0676. The number of fused-ring (bicyclic) bond motifs is 6. The third-order valence-electron chi connectivity index (χ3n) is 9.33. The van der Waals surface area contributed by atoms with Crippen LogP contribution in [0, 0.1) is 23.5 Å². The Kier molecular flexibility index (Phi) is 8.52. The normalized spacial score (nSPS) is 26.7. The zero-order chi connectivity index (χ0) is 30.2. The lowest BCUT2D eigenvalue weighted by molar-refractivity contribution is -0.0383. The van der Waals surface area contributed by atoms with Gasteiger partial charge in [-0.15, -0.1) is 0 Å². The zero-order valence-corrected chi connectivity index (χ0v) is 25.6. The van der Waals surface area contributed by atoms with Gasteiger partial charge in [-0.1, -0.05) is 83.9 Å². The van der Waals surface area contributed by atoms with Crippen molar-refractivity contribution in [3.05, 3.63) is 129 Å². The molecule has 44 heavy (non-hydrogen) atoms. The molecule has 0 amide bonds. The number of anilines is 2. The first-order valence-corrected chi connectivity index (χ1v) is 16.1. The van der Waals surface area contributed by atoms with Crippen LogP contribution in [0.5, 0.6) is 0 Å². The van der Waals surface area contributed by atoms with Gasteiger partial charge in [-0.3, -0.25) is 0 Å². The van der Waals surface area contributed by atoms with Gasteiger partial charge in [0.1, 0.15) is 11.6 Å². The van der Waals surface area contributed by atoms with Crippen molar-refractivity contribution in [1.29, 1.82) is 0 Å². The molecule has 0 saturated carbocycles. The molecule has 2 saturated heterocycles. The van der Waals surface area contributed by atoms with E-state index in [0.717, 1.165) is 61.4 Å². The van der Waals surface area contributed by atoms with Gasteiger partial charge in [0.25, 0.3) is 0 Å². The quantitative estimate of drug-likeness (QED) is 0.230. The molecule has 4 aromatic rings. The summed E-state index contributed by atoms with van der Waals surface area (Å²) in [6.07, 6.45) is 4.08. The van der Waals surface area contributed by atoms with Gasteiger partial charge in [0.15, 0.2) is 0 Å². The first kappa shape index (κ1) is 29.5. The smallest absolute Gasteiger partial charge is 0.142 e. The molecule has 6 atom stereocenters. The summed E-state index contributed by atoms with van der Waals surface area (Å²) in [4.78, 5) is 0. The molecule has 0 aliphatic carbocycles. The highest BCUT2D eigenvalue weighted by molar-refractivity contribution is 6.31. The van der Waals surface area contributed by atoms with Crippen LogP contribution in [0.3, 0.4) is 0 Å². The van der Waals surface area contributed by atoms with Crippen LogP contribution in [0.4, 0.5) is 20.2 Å². The van der Waals surface area contributed by atoms with Crippen molar-refractivity contribution < 1.29 is 18.3 Å². The van der Waals surface area contributed by atoms with Gasteiger partial charge in [-0.2, -0.15) is 0 Å². The average molecular weight is 636 g/mol. The molecule has 8 rings (SSSR count). The Hall–Kier alpha value is -3.16. The maximum Gasteiger partial charge on any atom is 0.142 e. The molecule has 4 nitrogen and oxygen atoms in total. The lowest BCUT2D eigenvalue weighted by atomic mass is 9.77. The van der Waals surface area contributed by atoms with Crippen molar-refractivity contribution in [2.45, 2.75) is 50.0 Å². The summed E-state index contributed by atoms with van der Waals surface area (Å²) in [5.74, 6) is -0.143. The highest BCUT2D eigenvalue weighted by Gasteiger charge is 2.41. The topological polar surface area (TPSA) is 42.5 Å². The van der Waals surface area contributed by atoms with Crippen LogP contribution in [-0.2, 0) is 9.47 Å². The number of hydrogen-bond acceptors (Lipinski definition) is 4. The van der Waals surface area contributed by atoms with Crippen molar-refractivity contribution in [1.82, 2.24) is 0 Å². The second kappa shape index (κ2) is 12.7. The number of halogens is 4. The minimum atomic E-state index is -0.381. The molecule has 4 aliphatic heterocycles. The van der Waals surface area contributed by atoms with Gasteiger partial charge in [-0.25, -0.2) is 8.78 Å². The summed E-state index contributed by atoms with van der Waals surface area (Å²) in [5.41, 5.74) is 5.99. The number of hydrogen-bond donors (Lipinski definition) is 2. The molecular weight excluding hydrogens is 601 g/mol. The molecule has 0 radical (unpaired) electrons. The SMILES string of the molecule is Fc1cc2c(cc1Cl)N[C@H](c1ccccc1)[C@@H]1CCCO[C@H]21.Fc1cc2c(cc1Cl)N[C@H](c1ccccc1)[C@@H]1CCCO[C@H]21. The minimum Gasteiger partial charge on any atom is -0.377 e. The van der Waals surface area contributed by atoms with E-state index in [1.165, 1.54) is 23.3 Å². The van der Waals surface area contributed by atoms with E-state index >= 15 is 0 Å². The van der Waals surface area contributed by atoms with E-state index in [2.05, 4.69) is 34.9 Å². The highest BCUT2D eigenvalue weighted by atomic mass is 35.5. The summed E-state index contributed by atoms with van der Waals surface area (Å²) >= 11 is 11.9. The Morgan fingerprint density at radius 3 is 1.41 bits per heavy atom. The molecule has 8 heteroatoms.